The first-order chi connectivity index (χ1) is 10.4. The molecule has 0 heterocycles. The van der Waals surface area contributed by atoms with Crippen LogP contribution in [0.4, 0.5) is 5.69 Å². The quantitative estimate of drug-likeness (QED) is 0.589. The maximum absolute atomic E-state index is 11.4. The molecule has 2 aromatic carbocycles. The van der Waals surface area contributed by atoms with Gasteiger partial charge < -0.3 is 10.4 Å². The van der Waals surface area contributed by atoms with Crippen molar-refractivity contribution in [2.75, 3.05) is 5.32 Å². The minimum Gasteiger partial charge on any atom is -0.507 e. The summed E-state index contributed by atoms with van der Waals surface area (Å²) >= 11 is 0. The van der Waals surface area contributed by atoms with E-state index >= 15 is 0 Å². The van der Waals surface area contributed by atoms with E-state index in [2.05, 4.69) is 5.32 Å². The molecule has 2 aromatic rings. The lowest BCUT2D eigenvalue weighted by atomic mass is 10.1. The molecule has 0 fully saturated rings. The van der Waals surface area contributed by atoms with Gasteiger partial charge in [-0.05, 0) is 18.2 Å². The third-order valence-corrected chi connectivity index (χ3v) is 4.66. The molecule has 0 aliphatic heterocycles. The molecule has 0 saturated heterocycles. The second-order valence-electron chi connectivity index (χ2n) is 4.61. The van der Waals surface area contributed by atoms with Gasteiger partial charge in [0.05, 0.1) is 10.6 Å². The molecule has 0 saturated carbocycles. The first-order valence-electron chi connectivity index (χ1n) is 5.93. The fraction of sp³-hybridized carbons (Fsp3) is 0.0833. The molecule has 2 rings (SSSR count). The molecular weight excluding hydrogens is 350 g/mol. The van der Waals surface area contributed by atoms with Crippen LogP contribution in [0, 0.1) is 0 Å². The Kier molecular flexibility index (Phi) is 4.07. The fourth-order valence-corrected chi connectivity index (χ4v) is 3.28. The SMILES string of the molecule is CC(=O)Nc1ccc(S(=O)(=O)O)c2cc(S(=O)(=O)O)cc(O)c12. The number of anilines is 1. The number of aromatic hydroxyl groups is 1. The van der Waals surface area contributed by atoms with Crippen LogP contribution in [-0.2, 0) is 25.0 Å². The highest BCUT2D eigenvalue weighted by molar-refractivity contribution is 7.86. The molecule has 23 heavy (non-hydrogen) atoms. The Morgan fingerprint density at radius 1 is 1.04 bits per heavy atom. The summed E-state index contributed by atoms with van der Waals surface area (Å²) in [5.41, 5.74) is -0.000659. The van der Waals surface area contributed by atoms with Gasteiger partial charge in [-0.15, -0.1) is 0 Å². The van der Waals surface area contributed by atoms with Gasteiger partial charge in [0.15, 0.2) is 0 Å². The van der Waals surface area contributed by atoms with E-state index in [1.165, 1.54) is 6.92 Å². The van der Waals surface area contributed by atoms with E-state index < -0.39 is 41.7 Å². The summed E-state index contributed by atoms with van der Waals surface area (Å²) in [5.74, 6) is -1.23. The van der Waals surface area contributed by atoms with Gasteiger partial charge in [0.25, 0.3) is 20.2 Å². The minimum atomic E-state index is -4.75. The molecule has 0 bridgehead atoms. The van der Waals surface area contributed by atoms with Crippen molar-refractivity contribution < 1.29 is 35.8 Å². The number of carbonyl (C=O) groups excluding carboxylic acids is 1. The number of nitrogens with one attached hydrogen (secondary N) is 1. The van der Waals surface area contributed by atoms with Gasteiger partial charge in [-0.25, -0.2) is 0 Å². The predicted octanol–water partition coefficient (Wildman–Crippen LogP) is 0.997. The Morgan fingerprint density at radius 3 is 2.13 bits per heavy atom. The Bertz CT molecular complexity index is 1020. The van der Waals surface area contributed by atoms with Crippen molar-refractivity contribution in [2.24, 2.45) is 0 Å². The Balaban J connectivity index is 3.02. The highest BCUT2D eigenvalue weighted by Gasteiger charge is 2.22. The monoisotopic (exact) mass is 361 g/mol. The van der Waals surface area contributed by atoms with E-state index in [4.69, 9.17) is 4.55 Å². The topological polar surface area (TPSA) is 158 Å². The number of fused-ring (bicyclic) bond motifs is 1. The Morgan fingerprint density at radius 2 is 1.65 bits per heavy atom. The van der Waals surface area contributed by atoms with Crippen molar-refractivity contribution in [1.82, 2.24) is 0 Å². The number of amides is 1. The molecule has 0 atom stereocenters. The normalized spacial score (nSPS) is 12.3. The van der Waals surface area contributed by atoms with E-state index in [-0.39, 0.29) is 16.5 Å². The molecule has 124 valence electrons. The van der Waals surface area contributed by atoms with Gasteiger partial charge in [-0.2, -0.15) is 16.8 Å². The zero-order valence-corrected chi connectivity index (χ0v) is 13.1. The summed E-state index contributed by atoms with van der Waals surface area (Å²) < 4.78 is 63.6. The zero-order chi connectivity index (χ0) is 17.6. The van der Waals surface area contributed by atoms with Crippen LogP contribution in [0.15, 0.2) is 34.1 Å². The van der Waals surface area contributed by atoms with Crippen LogP contribution in [-0.4, -0.2) is 37.0 Å². The number of hydrogen-bond donors (Lipinski definition) is 4. The van der Waals surface area contributed by atoms with Gasteiger partial charge >= 0.3 is 0 Å². The zero-order valence-electron chi connectivity index (χ0n) is 11.5. The molecule has 0 radical (unpaired) electrons. The van der Waals surface area contributed by atoms with Crippen molar-refractivity contribution in [2.45, 2.75) is 16.7 Å². The summed E-state index contributed by atoms with van der Waals surface area (Å²) in [6.07, 6.45) is 0. The highest BCUT2D eigenvalue weighted by Crippen LogP contribution is 2.37. The number of phenols is 1. The third-order valence-electron chi connectivity index (χ3n) is 2.91. The number of carbonyl (C=O) groups is 1. The maximum atomic E-state index is 11.4. The van der Waals surface area contributed by atoms with Crippen LogP contribution in [0.25, 0.3) is 10.8 Å². The van der Waals surface area contributed by atoms with Crippen LogP contribution in [0.1, 0.15) is 6.92 Å². The van der Waals surface area contributed by atoms with Crippen LogP contribution >= 0.6 is 0 Å². The Labute approximate surface area is 131 Å². The fourth-order valence-electron chi connectivity index (χ4n) is 2.08. The lowest BCUT2D eigenvalue weighted by Crippen LogP contribution is -2.08. The third kappa shape index (κ3) is 3.42. The van der Waals surface area contributed by atoms with E-state index in [1.807, 2.05) is 0 Å². The first-order valence-corrected chi connectivity index (χ1v) is 8.81. The number of hydrogen-bond acceptors (Lipinski definition) is 6. The van der Waals surface area contributed by atoms with Crippen molar-refractivity contribution >= 4 is 42.6 Å². The van der Waals surface area contributed by atoms with Gasteiger partial charge in [0.2, 0.25) is 5.91 Å². The molecular formula is C12H11NO8S2. The number of benzene rings is 2. The average Bonchev–Trinajstić information content (AvgIpc) is 2.34. The molecule has 9 nitrogen and oxygen atoms in total. The molecule has 0 spiro atoms. The van der Waals surface area contributed by atoms with Crippen LogP contribution in [0.3, 0.4) is 0 Å². The van der Waals surface area contributed by atoms with Crippen LogP contribution < -0.4 is 5.32 Å². The van der Waals surface area contributed by atoms with Crippen LogP contribution in [0.2, 0.25) is 0 Å². The van der Waals surface area contributed by atoms with Gasteiger partial charge in [-0.3, -0.25) is 13.9 Å². The van der Waals surface area contributed by atoms with Crippen LogP contribution in [0.5, 0.6) is 5.75 Å². The second-order valence-corrected chi connectivity index (χ2v) is 7.42. The molecule has 0 aromatic heterocycles. The highest BCUT2D eigenvalue weighted by atomic mass is 32.2. The summed E-state index contributed by atoms with van der Waals surface area (Å²) in [7, 11) is -9.49. The summed E-state index contributed by atoms with van der Waals surface area (Å²) in [5, 5.41) is 11.7. The largest absolute Gasteiger partial charge is 0.507 e. The standard InChI is InChI=1S/C12H11NO8S2/c1-6(14)13-9-2-3-11(23(19,20)21)8-4-7(22(16,17)18)5-10(15)12(8)9/h2-5,15H,1H3,(H,13,14)(H,16,17,18)(H,19,20,21). The van der Waals surface area contributed by atoms with Gasteiger partial charge in [0, 0.05) is 23.8 Å². The maximum Gasteiger partial charge on any atom is 0.295 e. The average molecular weight is 361 g/mol. The molecule has 1 amide bonds. The Hall–Kier alpha value is -2.21. The first kappa shape index (κ1) is 17.1. The predicted molar refractivity (Wildman–Crippen MR) is 79.5 cm³/mol. The van der Waals surface area contributed by atoms with Crippen molar-refractivity contribution in [3.8, 4) is 5.75 Å². The summed E-state index contributed by atoms with van der Waals surface area (Å²) in [4.78, 5) is 9.72. The smallest absolute Gasteiger partial charge is 0.295 e. The van der Waals surface area contributed by atoms with E-state index in [0.29, 0.717) is 6.07 Å². The molecule has 0 unspecified atom stereocenters. The number of phenolic OH excluding ortho intramolecular Hbond substituents is 1. The van der Waals surface area contributed by atoms with Crippen molar-refractivity contribution in [1.29, 1.82) is 0 Å². The lowest BCUT2D eigenvalue weighted by molar-refractivity contribution is -0.114. The van der Waals surface area contributed by atoms with Gasteiger partial charge in [-0.1, -0.05) is 0 Å². The number of rotatable bonds is 3. The second kappa shape index (κ2) is 5.45. The molecule has 0 aliphatic carbocycles. The van der Waals surface area contributed by atoms with E-state index in [1.54, 1.807) is 0 Å². The summed E-state index contributed by atoms with van der Waals surface area (Å²) in [6, 6.07) is 3.51. The van der Waals surface area contributed by atoms with E-state index in [9.17, 15) is 31.3 Å². The molecule has 11 heteroatoms. The molecule has 4 N–H and O–H groups in total. The summed E-state index contributed by atoms with van der Waals surface area (Å²) in [6.45, 7) is 1.17. The minimum absolute atomic E-state index is 0.000659. The van der Waals surface area contributed by atoms with Gasteiger partial charge in [0.1, 0.15) is 10.6 Å². The molecule has 0 aliphatic rings. The lowest BCUT2D eigenvalue weighted by Gasteiger charge is -2.12. The van der Waals surface area contributed by atoms with E-state index in [0.717, 1.165) is 18.2 Å². The van der Waals surface area contributed by atoms with Crippen molar-refractivity contribution in [3.05, 3.63) is 24.3 Å². The van der Waals surface area contributed by atoms with Crippen molar-refractivity contribution in [3.63, 3.8) is 0 Å².